The Morgan fingerprint density at radius 1 is 1.26 bits per heavy atom. The maximum Gasteiger partial charge on any atom is 0.303 e. The van der Waals surface area contributed by atoms with Gasteiger partial charge in [0.05, 0.1) is 12.8 Å². The molecule has 0 atom stereocenters. The molecule has 1 aromatic rings. The third-order valence-corrected chi connectivity index (χ3v) is 4.43. The zero-order chi connectivity index (χ0) is 14.6. The Balaban J connectivity index is 2.96. The van der Waals surface area contributed by atoms with E-state index in [0.29, 0.717) is 13.0 Å². The second-order valence-electron chi connectivity index (χ2n) is 4.52. The maximum atomic E-state index is 10.5. The van der Waals surface area contributed by atoms with Crippen molar-refractivity contribution in [2.24, 2.45) is 0 Å². The number of hydrogen-bond acceptors (Lipinski definition) is 3. The number of halogens is 1. The number of anilines is 1. The summed E-state index contributed by atoms with van der Waals surface area (Å²) >= 11 is 3.59. The van der Waals surface area contributed by atoms with Crippen LogP contribution in [0.2, 0.25) is 0 Å². The Labute approximate surface area is 122 Å². The number of methoxy groups -OCH3 is 1. The third kappa shape index (κ3) is 3.62. The Morgan fingerprint density at radius 3 is 2.42 bits per heavy atom. The standard InChI is InChI=1S/C14H20BrNO3/c1-8-9(2)14(19-4)13(10(3)12(8)15)16-7-5-6-11(17)18/h16H,5-7H2,1-4H3,(H,17,18). The highest BCUT2D eigenvalue weighted by atomic mass is 79.9. The molecule has 4 nitrogen and oxygen atoms in total. The molecule has 0 fully saturated rings. The number of nitrogens with one attached hydrogen (secondary N) is 1. The number of rotatable bonds is 6. The fourth-order valence-corrected chi connectivity index (χ4v) is 2.50. The molecule has 0 aromatic heterocycles. The van der Waals surface area contributed by atoms with Gasteiger partial charge in [-0.15, -0.1) is 0 Å². The predicted octanol–water partition coefficient (Wildman–Crippen LogP) is 3.66. The number of carboxylic acids is 1. The molecular weight excluding hydrogens is 310 g/mol. The Kier molecular flexibility index (Phi) is 5.66. The second kappa shape index (κ2) is 6.80. The van der Waals surface area contributed by atoms with Crippen LogP contribution in [0.3, 0.4) is 0 Å². The highest BCUT2D eigenvalue weighted by molar-refractivity contribution is 9.10. The zero-order valence-corrected chi connectivity index (χ0v) is 13.3. The van der Waals surface area contributed by atoms with Gasteiger partial charge in [0.1, 0.15) is 5.75 Å². The van der Waals surface area contributed by atoms with E-state index in [9.17, 15) is 4.79 Å². The van der Waals surface area contributed by atoms with E-state index in [-0.39, 0.29) is 6.42 Å². The van der Waals surface area contributed by atoms with Gasteiger partial charge < -0.3 is 15.2 Å². The number of hydrogen-bond donors (Lipinski definition) is 2. The van der Waals surface area contributed by atoms with E-state index in [1.165, 1.54) is 0 Å². The van der Waals surface area contributed by atoms with Crippen LogP contribution >= 0.6 is 15.9 Å². The van der Waals surface area contributed by atoms with Crippen LogP contribution in [0.5, 0.6) is 5.75 Å². The normalized spacial score (nSPS) is 10.4. The molecular formula is C14H20BrNO3. The fourth-order valence-electron chi connectivity index (χ4n) is 2.00. The van der Waals surface area contributed by atoms with Gasteiger partial charge in [-0.25, -0.2) is 0 Å². The summed E-state index contributed by atoms with van der Waals surface area (Å²) < 4.78 is 6.53. The van der Waals surface area contributed by atoms with Crippen molar-refractivity contribution in [2.75, 3.05) is 19.0 Å². The molecule has 0 aliphatic heterocycles. The fraction of sp³-hybridized carbons (Fsp3) is 0.500. The highest BCUT2D eigenvalue weighted by Gasteiger charge is 2.16. The van der Waals surface area contributed by atoms with E-state index in [4.69, 9.17) is 9.84 Å². The van der Waals surface area contributed by atoms with Gasteiger partial charge >= 0.3 is 5.97 Å². The second-order valence-corrected chi connectivity index (χ2v) is 5.31. The van der Waals surface area contributed by atoms with Gasteiger partial charge in [-0.05, 0) is 43.9 Å². The Bertz CT molecular complexity index is 486. The van der Waals surface area contributed by atoms with Gasteiger partial charge in [-0.2, -0.15) is 0 Å². The SMILES string of the molecule is COc1c(C)c(C)c(Br)c(C)c1NCCCC(=O)O. The number of ether oxygens (including phenoxy) is 1. The van der Waals surface area contributed by atoms with E-state index < -0.39 is 5.97 Å². The predicted molar refractivity (Wildman–Crippen MR) is 80.3 cm³/mol. The molecule has 0 aliphatic rings. The Morgan fingerprint density at radius 2 is 1.89 bits per heavy atom. The van der Waals surface area contributed by atoms with Crippen molar-refractivity contribution in [1.29, 1.82) is 0 Å². The van der Waals surface area contributed by atoms with E-state index in [1.54, 1.807) is 7.11 Å². The molecule has 106 valence electrons. The van der Waals surface area contributed by atoms with Gasteiger partial charge in [0, 0.05) is 17.4 Å². The summed E-state index contributed by atoms with van der Waals surface area (Å²) in [5.74, 6) is 0.0558. The number of aliphatic carboxylic acids is 1. The van der Waals surface area contributed by atoms with Crippen LogP contribution < -0.4 is 10.1 Å². The molecule has 0 amide bonds. The van der Waals surface area contributed by atoms with Crippen molar-refractivity contribution in [2.45, 2.75) is 33.6 Å². The van der Waals surface area contributed by atoms with Crippen LogP contribution in [0.4, 0.5) is 5.69 Å². The quantitative estimate of drug-likeness (QED) is 0.782. The van der Waals surface area contributed by atoms with Crippen LogP contribution in [0, 0.1) is 20.8 Å². The lowest BCUT2D eigenvalue weighted by molar-refractivity contribution is -0.137. The van der Waals surface area contributed by atoms with E-state index in [0.717, 1.165) is 32.6 Å². The van der Waals surface area contributed by atoms with Crippen LogP contribution in [-0.2, 0) is 4.79 Å². The van der Waals surface area contributed by atoms with Gasteiger partial charge in [-0.3, -0.25) is 4.79 Å². The average molecular weight is 330 g/mol. The first-order valence-corrected chi connectivity index (χ1v) is 6.98. The van der Waals surface area contributed by atoms with Crippen molar-refractivity contribution in [3.8, 4) is 5.75 Å². The highest BCUT2D eigenvalue weighted by Crippen LogP contribution is 2.39. The summed E-state index contributed by atoms with van der Waals surface area (Å²) in [6.45, 7) is 6.68. The summed E-state index contributed by atoms with van der Waals surface area (Å²) in [6, 6.07) is 0. The van der Waals surface area contributed by atoms with E-state index in [1.807, 2.05) is 20.8 Å². The molecule has 19 heavy (non-hydrogen) atoms. The summed E-state index contributed by atoms with van der Waals surface area (Å²) in [5.41, 5.74) is 4.25. The van der Waals surface area contributed by atoms with Gasteiger partial charge in [-0.1, -0.05) is 15.9 Å². The average Bonchev–Trinajstić information content (AvgIpc) is 2.37. The van der Waals surface area contributed by atoms with Crippen LogP contribution in [-0.4, -0.2) is 24.7 Å². The lowest BCUT2D eigenvalue weighted by Gasteiger charge is -2.19. The molecule has 0 heterocycles. The molecule has 0 aliphatic carbocycles. The molecule has 0 radical (unpaired) electrons. The molecule has 0 saturated carbocycles. The first-order valence-electron chi connectivity index (χ1n) is 6.19. The first kappa shape index (κ1) is 15.8. The maximum absolute atomic E-state index is 10.5. The lowest BCUT2D eigenvalue weighted by atomic mass is 10.0. The van der Waals surface area contributed by atoms with Crippen LogP contribution in [0.25, 0.3) is 0 Å². The monoisotopic (exact) mass is 329 g/mol. The zero-order valence-electron chi connectivity index (χ0n) is 11.8. The molecule has 1 rings (SSSR count). The Hall–Kier alpha value is -1.23. The number of benzene rings is 1. The first-order chi connectivity index (χ1) is 8.90. The minimum atomic E-state index is -0.772. The smallest absolute Gasteiger partial charge is 0.303 e. The van der Waals surface area contributed by atoms with Gasteiger partial charge in [0.2, 0.25) is 0 Å². The van der Waals surface area contributed by atoms with Crippen LogP contribution in [0.15, 0.2) is 4.47 Å². The summed E-state index contributed by atoms with van der Waals surface area (Å²) in [5, 5.41) is 11.9. The minimum Gasteiger partial charge on any atom is -0.494 e. The van der Waals surface area contributed by atoms with Crippen molar-refractivity contribution in [3.63, 3.8) is 0 Å². The molecule has 1 aromatic carbocycles. The van der Waals surface area contributed by atoms with E-state index >= 15 is 0 Å². The summed E-state index contributed by atoms with van der Waals surface area (Å²) in [6.07, 6.45) is 0.753. The molecule has 0 bridgehead atoms. The van der Waals surface area contributed by atoms with Gasteiger partial charge in [0.15, 0.2) is 0 Å². The van der Waals surface area contributed by atoms with E-state index in [2.05, 4.69) is 21.2 Å². The molecule has 5 heteroatoms. The third-order valence-electron chi connectivity index (χ3n) is 3.24. The molecule has 2 N–H and O–H groups in total. The number of carbonyl (C=O) groups is 1. The lowest BCUT2D eigenvalue weighted by Crippen LogP contribution is -2.09. The van der Waals surface area contributed by atoms with Crippen LogP contribution in [0.1, 0.15) is 29.5 Å². The topological polar surface area (TPSA) is 58.6 Å². The molecule has 0 saturated heterocycles. The van der Waals surface area contributed by atoms with Crippen molar-refractivity contribution in [1.82, 2.24) is 0 Å². The largest absolute Gasteiger partial charge is 0.494 e. The molecule has 0 unspecified atom stereocenters. The summed E-state index contributed by atoms with van der Waals surface area (Å²) in [7, 11) is 1.65. The van der Waals surface area contributed by atoms with Crippen molar-refractivity contribution >= 4 is 27.6 Å². The van der Waals surface area contributed by atoms with Crippen molar-refractivity contribution in [3.05, 3.63) is 21.2 Å². The van der Waals surface area contributed by atoms with Crippen molar-refractivity contribution < 1.29 is 14.6 Å². The molecule has 0 spiro atoms. The summed E-state index contributed by atoms with van der Waals surface area (Å²) in [4.78, 5) is 10.5. The minimum absolute atomic E-state index is 0.167. The van der Waals surface area contributed by atoms with Gasteiger partial charge in [0.25, 0.3) is 0 Å². The number of carboxylic acid groups (broad SMARTS) is 1.